The summed E-state index contributed by atoms with van der Waals surface area (Å²) in [6.07, 6.45) is 1.45. The SMILES string of the molecule is CCCC(C)(N)C(=O)Nc1cccc(N2CCS(=O)(=O)CC2)c1.Cl.Cl. The van der Waals surface area contributed by atoms with Gasteiger partial charge in [0.1, 0.15) is 0 Å². The summed E-state index contributed by atoms with van der Waals surface area (Å²) < 4.78 is 23.0. The fourth-order valence-electron chi connectivity index (χ4n) is 2.66. The van der Waals surface area contributed by atoms with Crippen LogP contribution in [0.1, 0.15) is 26.7 Å². The van der Waals surface area contributed by atoms with E-state index in [1.54, 1.807) is 6.92 Å². The Balaban J connectivity index is 0.00000288. The molecule has 1 fully saturated rings. The normalized spacial score (nSPS) is 18.3. The van der Waals surface area contributed by atoms with Gasteiger partial charge in [0.15, 0.2) is 9.84 Å². The zero-order valence-electron chi connectivity index (χ0n) is 14.5. The van der Waals surface area contributed by atoms with E-state index in [4.69, 9.17) is 5.73 Å². The standard InChI is InChI=1S/C16H25N3O3S.2ClH/c1-3-7-16(2,17)15(20)18-13-5-4-6-14(12-13)19-8-10-23(21,22)11-9-19;;/h4-6,12H,3,7-11,17H2,1-2H3,(H,18,20);2*1H. The highest BCUT2D eigenvalue weighted by atomic mass is 35.5. The molecule has 1 aromatic carbocycles. The van der Waals surface area contributed by atoms with Crippen molar-refractivity contribution in [2.75, 3.05) is 34.8 Å². The summed E-state index contributed by atoms with van der Waals surface area (Å²) in [6.45, 7) is 4.67. The summed E-state index contributed by atoms with van der Waals surface area (Å²) in [4.78, 5) is 14.3. The minimum Gasteiger partial charge on any atom is -0.369 e. The highest BCUT2D eigenvalue weighted by molar-refractivity contribution is 7.91. The second kappa shape index (κ2) is 9.62. The van der Waals surface area contributed by atoms with E-state index in [2.05, 4.69) is 5.32 Å². The van der Waals surface area contributed by atoms with Crippen molar-refractivity contribution in [2.24, 2.45) is 5.73 Å². The van der Waals surface area contributed by atoms with Gasteiger partial charge in [-0.3, -0.25) is 4.79 Å². The second-order valence-electron chi connectivity index (χ2n) is 6.31. The van der Waals surface area contributed by atoms with Crippen LogP contribution < -0.4 is 16.0 Å². The molecule has 0 saturated carbocycles. The molecule has 1 aromatic rings. The minimum atomic E-state index is -2.91. The van der Waals surface area contributed by atoms with E-state index in [0.29, 0.717) is 25.2 Å². The molecule has 0 aromatic heterocycles. The predicted molar refractivity (Wildman–Crippen MR) is 108 cm³/mol. The first-order valence-electron chi connectivity index (χ1n) is 7.89. The van der Waals surface area contributed by atoms with E-state index in [1.165, 1.54) is 0 Å². The molecular weight excluding hydrogens is 385 g/mol. The lowest BCUT2D eigenvalue weighted by Crippen LogP contribution is -2.48. The number of sulfone groups is 1. The van der Waals surface area contributed by atoms with Crippen molar-refractivity contribution in [2.45, 2.75) is 32.2 Å². The van der Waals surface area contributed by atoms with Crippen LogP contribution in [-0.4, -0.2) is 44.5 Å². The van der Waals surface area contributed by atoms with Crippen LogP contribution in [0.15, 0.2) is 24.3 Å². The molecule has 1 heterocycles. The Bertz CT molecular complexity index is 667. The van der Waals surface area contributed by atoms with Crippen molar-refractivity contribution in [1.29, 1.82) is 0 Å². The molecule has 1 unspecified atom stereocenters. The third-order valence-electron chi connectivity index (χ3n) is 4.10. The zero-order valence-corrected chi connectivity index (χ0v) is 17.0. The first-order chi connectivity index (χ1) is 10.7. The summed E-state index contributed by atoms with van der Waals surface area (Å²) in [5, 5.41) is 2.85. The van der Waals surface area contributed by atoms with Crippen LogP contribution >= 0.6 is 24.8 Å². The molecule has 6 nitrogen and oxygen atoms in total. The number of nitrogens with two attached hydrogens (primary N) is 1. The Morgan fingerprint density at radius 2 is 1.88 bits per heavy atom. The predicted octanol–water partition coefficient (Wildman–Crippen LogP) is 2.22. The van der Waals surface area contributed by atoms with E-state index in [-0.39, 0.29) is 42.2 Å². The van der Waals surface area contributed by atoms with Crippen molar-refractivity contribution in [3.8, 4) is 0 Å². The number of rotatable bonds is 5. The summed E-state index contributed by atoms with van der Waals surface area (Å²) in [6, 6.07) is 7.44. The Morgan fingerprint density at radius 3 is 2.44 bits per heavy atom. The Morgan fingerprint density at radius 1 is 1.28 bits per heavy atom. The van der Waals surface area contributed by atoms with Crippen LogP contribution in [0.5, 0.6) is 0 Å². The first kappa shape index (κ1) is 24.0. The third kappa shape index (κ3) is 6.66. The number of amides is 1. The largest absolute Gasteiger partial charge is 0.369 e. The number of hydrogen-bond acceptors (Lipinski definition) is 5. The van der Waals surface area contributed by atoms with E-state index in [9.17, 15) is 13.2 Å². The smallest absolute Gasteiger partial charge is 0.244 e. The summed E-state index contributed by atoms with van der Waals surface area (Å²) in [7, 11) is -2.91. The van der Waals surface area contributed by atoms with Crippen LogP contribution in [-0.2, 0) is 14.6 Å². The average Bonchev–Trinajstić information content (AvgIpc) is 2.47. The van der Waals surface area contributed by atoms with E-state index in [1.807, 2.05) is 36.1 Å². The van der Waals surface area contributed by atoms with Gasteiger partial charge in [-0.05, 0) is 31.5 Å². The Hall–Kier alpha value is -1.02. The molecule has 1 aliphatic heterocycles. The third-order valence-corrected chi connectivity index (χ3v) is 5.71. The van der Waals surface area contributed by atoms with Crippen LogP contribution in [0.2, 0.25) is 0 Å². The van der Waals surface area contributed by atoms with Gasteiger partial charge < -0.3 is 16.0 Å². The number of nitrogens with one attached hydrogen (secondary N) is 1. The maximum atomic E-state index is 12.3. The topological polar surface area (TPSA) is 92.5 Å². The van der Waals surface area contributed by atoms with Gasteiger partial charge in [-0.1, -0.05) is 19.4 Å². The van der Waals surface area contributed by atoms with Crippen molar-refractivity contribution in [1.82, 2.24) is 0 Å². The lowest BCUT2D eigenvalue weighted by atomic mass is 9.96. The van der Waals surface area contributed by atoms with E-state index >= 15 is 0 Å². The van der Waals surface area contributed by atoms with Crippen molar-refractivity contribution < 1.29 is 13.2 Å². The van der Waals surface area contributed by atoms with Crippen LogP contribution in [0.3, 0.4) is 0 Å². The van der Waals surface area contributed by atoms with Gasteiger partial charge in [0, 0.05) is 24.5 Å². The number of nitrogens with zero attached hydrogens (tertiary/aromatic N) is 1. The summed E-state index contributed by atoms with van der Waals surface area (Å²) in [5.74, 6) is 0.125. The average molecular weight is 412 g/mol. The lowest BCUT2D eigenvalue weighted by Gasteiger charge is -2.29. The lowest BCUT2D eigenvalue weighted by molar-refractivity contribution is -0.120. The molecule has 0 radical (unpaired) electrons. The van der Waals surface area contributed by atoms with Gasteiger partial charge in [0.05, 0.1) is 17.0 Å². The molecule has 3 N–H and O–H groups in total. The molecule has 1 amide bonds. The Labute approximate surface area is 162 Å². The molecule has 0 spiro atoms. The van der Waals surface area contributed by atoms with E-state index < -0.39 is 15.4 Å². The number of halogens is 2. The number of benzene rings is 1. The molecular formula is C16H27Cl2N3O3S. The van der Waals surface area contributed by atoms with Gasteiger partial charge in [-0.25, -0.2) is 8.42 Å². The molecule has 9 heteroatoms. The molecule has 1 aliphatic rings. The van der Waals surface area contributed by atoms with Crippen LogP contribution in [0.4, 0.5) is 11.4 Å². The highest BCUT2D eigenvalue weighted by Gasteiger charge is 2.27. The molecule has 0 bridgehead atoms. The molecule has 1 saturated heterocycles. The van der Waals surface area contributed by atoms with Gasteiger partial charge in [0.2, 0.25) is 5.91 Å². The molecule has 1 atom stereocenters. The first-order valence-corrected chi connectivity index (χ1v) is 9.71. The molecule has 2 rings (SSSR count). The van der Waals surface area contributed by atoms with Crippen molar-refractivity contribution in [3.05, 3.63) is 24.3 Å². The van der Waals surface area contributed by atoms with Crippen LogP contribution in [0.25, 0.3) is 0 Å². The quantitative estimate of drug-likeness (QED) is 0.774. The van der Waals surface area contributed by atoms with Crippen molar-refractivity contribution in [3.63, 3.8) is 0 Å². The number of carbonyl (C=O) groups excluding carboxylic acids is 1. The zero-order chi connectivity index (χ0) is 17.1. The van der Waals surface area contributed by atoms with Gasteiger partial charge in [-0.2, -0.15) is 0 Å². The maximum Gasteiger partial charge on any atom is 0.244 e. The number of hydrogen-bond donors (Lipinski definition) is 2. The molecule has 25 heavy (non-hydrogen) atoms. The molecule has 144 valence electrons. The Kier molecular flexibility index (Phi) is 9.22. The monoisotopic (exact) mass is 411 g/mol. The summed E-state index contributed by atoms with van der Waals surface area (Å²) in [5.41, 5.74) is 6.73. The molecule has 0 aliphatic carbocycles. The fourth-order valence-corrected chi connectivity index (χ4v) is 3.86. The minimum absolute atomic E-state index is 0. The highest BCUT2D eigenvalue weighted by Crippen LogP contribution is 2.22. The number of carbonyl (C=O) groups is 1. The number of anilines is 2. The van der Waals surface area contributed by atoms with Crippen LogP contribution in [0, 0.1) is 0 Å². The second-order valence-corrected chi connectivity index (χ2v) is 8.61. The van der Waals surface area contributed by atoms with Gasteiger partial charge >= 0.3 is 0 Å². The van der Waals surface area contributed by atoms with Crippen molar-refractivity contribution >= 4 is 51.9 Å². The van der Waals surface area contributed by atoms with Gasteiger partial charge in [-0.15, -0.1) is 24.8 Å². The maximum absolute atomic E-state index is 12.3. The summed E-state index contributed by atoms with van der Waals surface area (Å²) >= 11 is 0. The van der Waals surface area contributed by atoms with E-state index in [0.717, 1.165) is 12.1 Å². The fraction of sp³-hybridized carbons (Fsp3) is 0.562. The van der Waals surface area contributed by atoms with Gasteiger partial charge in [0.25, 0.3) is 0 Å².